The Hall–Kier alpha value is -3.08. The van der Waals surface area contributed by atoms with Crippen LogP contribution in [-0.4, -0.2) is 39.9 Å². The number of methoxy groups -OCH3 is 1. The first-order valence-corrected chi connectivity index (χ1v) is 11.5. The molecule has 0 saturated heterocycles. The van der Waals surface area contributed by atoms with E-state index in [1.165, 1.54) is 39.8 Å². The van der Waals surface area contributed by atoms with E-state index >= 15 is 0 Å². The molecule has 4 rings (SSSR count). The van der Waals surface area contributed by atoms with Crippen LogP contribution in [-0.2, 0) is 16.1 Å². The van der Waals surface area contributed by atoms with Crippen LogP contribution in [0.25, 0.3) is 22.2 Å². The zero-order chi connectivity index (χ0) is 22.5. The fourth-order valence-electron chi connectivity index (χ4n) is 3.01. The lowest BCUT2D eigenvalue weighted by Crippen LogP contribution is -2.26. The van der Waals surface area contributed by atoms with Crippen molar-refractivity contribution >= 4 is 45.0 Å². The van der Waals surface area contributed by atoms with E-state index in [-0.39, 0.29) is 23.0 Å². The summed E-state index contributed by atoms with van der Waals surface area (Å²) >= 11 is 2.46. The fraction of sp³-hybridized carbons (Fsp3) is 0.182. The van der Waals surface area contributed by atoms with Crippen LogP contribution >= 0.6 is 23.1 Å². The molecule has 0 fully saturated rings. The van der Waals surface area contributed by atoms with Gasteiger partial charge in [0.15, 0.2) is 10.3 Å². The van der Waals surface area contributed by atoms with Crippen LogP contribution in [0.5, 0.6) is 0 Å². The van der Waals surface area contributed by atoms with Gasteiger partial charge in [-0.1, -0.05) is 23.9 Å². The molecule has 2 aromatic carbocycles. The molecule has 2 aromatic heterocycles. The summed E-state index contributed by atoms with van der Waals surface area (Å²) in [5, 5.41) is 5.97. The van der Waals surface area contributed by atoms with E-state index in [1.54, 1.807) is 42.8 Å². The van der Waals surface area contributed by atoms with Crippen molar-refractivity contribution in [2.24, 2.45) is 0 Å². The van der Waals surface area contributed by atoms with Gasteiger partial charge in [0, 0.05) is 18.1 Å². The predicted octanol–water partition coefficient (Wildman–Crippen LogP) is 4.04. The highest BCUT2D eigenvalue weighted by molar-refractivity contribution is 7.99. The quantitative estimate of drug-likeness (QED) is 0.309. The normalized spacial score (nSPS) is 11.1. The van der Waals surface area contributed by atoms with Gasteiger partial charge in [0.1, 0.15) is 5.82 Å². The minimum Gasteiger partial charge on any atom is -0.383 e. The minimum absolute atomic E-state index is 0.0588. The Morgan fingerprint density at radius 1 is 1.19 bits per heavy atom. The number of nitrogens with zero attached hydrogens (tertiary/aromatic N) is 3. The summed E-state index contributed by atoms with van der Waals surface area (Å²) < 4.78 is 19.7. The number of carbonyl (C=O) groups excluding carboxylic acids is 1. The zero-order valence-corrected chi connectivity index (χ0v) is 18.7. The smallest absolute Gasteiger partial charge is 0.262 e. The van der Waals surface area contributed by atoms with Crippen LogP contribution in [0.3, 0.4) is 0 Å². The van der Waals surface area contributed by atoms with E-state index in [0.717, 1.165) is 5.56 Å². The Kier molecular flexibility index (Phi) is 6.93. The second kappa shape index (κ2) is 10.0. The number of rotatable bonds is 8. The number of para-hydroxylation sites is 1. The van der Waals surface area contributed by atoms with Crippen LogP contribution in [0.1, 0.15) is 0 Å². The number of nitrogens with one attached hydrogen (secondary N) is 1. The first kappa shape index (κ1) is 22.1. The Balaban J connectivity index is 1.47. The summed E-state index contributed by atoms with van der Waals surface area (Å²) in [6.07, 6.45) is 0. The lowest BCUT2D eigenvalue weighted by molar-refractivity contribution is -0.113. The summed E-state index contributed by atoms with van der Waals surface area (Å²) in [5.74, 6) is -0.528. The maximum atomic E-state index is 13.1. The molecule has 0 unspecified atom stereocenters. The fourth-order valence-corrected chi connectivity index (χ4v) is 4.57. The molecule has 0 spiro atoms. The molecule has 0 aliphatic heterocycles. The molecule has 1 N–H and O–H groups in total. The van der Waals surface area contributed by atoms with Crippen molar-refractivity contribution in [3.63, 3.8) is 0 Å². The average molecular weight is 471 g/mol. The van der Waals surface area contributed by atoms with E-state index in [2.05, 4.69) is 15.3 Å². The molecule has 0 aliphatic rings. The zero-order valence-electron chi connectivity index (χ0n) is 17.1. The van der Waals surface area contributed by atoms with Gasteiger partial charge in [0.05, 0.1) is 35.5 Å². The van der Waals surface area contributed by atoms with Crippen molar-refractivity contribution < 1.29 is 13.9 Å². The monoisotopic (exact) mass is 470 g/mol. The number of amides is 1. The van der Waals surface area contributed by atoms with Crippen LogP contribution in [0.15, 0.2) is 63.9 Å². The van der Waals surface area contributed by atoms with Crippen LogP contribution in [0.4, 0.5) is 9.52 Å². The molecule has 0 atom stereocenters. The number of carbonyl (C=O) groups is 1. The number of thiazole rings is 1. The topological polar surface area (TPSA) is 86.1 Å². The number of halogens is 1. The van der Waals surface area contributed by atoms with E-state index in [4.69, 9.17) is 4.74 Å². The second-order valence-electron chi connectivity index (χ2n) is 6.74. The maximum Gasteiger partial charge on any atom is 0.262 e. The SMILES string of the molecule is COCCn1c(SCC(=O)Nc2nc(-c3ccc(F)cc3)cs2)nc2ccccc2c1=O. The largest absolute Gasteiger partial charge is 0.383 e. The molecule has 1 amide bonds. The molecule has 0 saturated carbocycles. The number of fused-ring (bicyclic) bond motifs is 1. The predicted molar refractivity (Wildman–Crippen MR) is 125 cm³/mol. The Morgan fingerprint density at radius 2 is 1.97 bits per heavy atom. The van der Waals surface area contributed by atoms with Crippen molar-refractivity contribution in [1.29, 1.82) is 0 Å². The lowest BCUT2D eigenvalue weighted by atomic mass is 10.2. The maximum absolute atomic E-state index is 13.1. The third-order valence-corrected chi connectivity index (χ3v) is 6.30. The van der Waals surface area contributed by atoms with Gasteiger partial charge >= 0.3 is 0 Å². The summed E-state index contributed by atoms with van der Waals surface area (Å²) in [4.78, 5) is 34.3. The second-order valence-corrected chi connectivity index (χ2v) is 8.54. The summed E-state index contributed by atoms with van der Waals surface area (Å²) in [6.45, 7) is 0.690. The van der Waals surface area contributed by atoms with Crippen LogP contribution in [0, 0.1) is 5.82 Å². The van der Waals surface area contributed by atoms with Crippen LogP contribution in [0.2, 0.25) is 0 Å². The molecule has 2 heterocycles. The molecular weight excluding hydrogens is 451 g/mol. The van der Waals surface area contributed by atoms with Gasteiger partial charge < -0.3 is 10.1 Å². The number of ether oxygens (including phenoxy) is 1. The van der Waals surface area contributed by atoms with Gasteiger partial charge in [-0.2, -0.15) is 0 Å². The highest BCUT2D eigenvalue weighted by Crippen LogP contribution is 2.25. The highest BCUT2D eigenvalue weighted by Gasteiger charge is 2.14. The number of benzene rings is 2. The third kappa shape index (κ3) is 5.04. The number of aromatic nitrogens is 3. The lowest BCUT2D eigenvalue weighted by Gasteiger charge is -2.12. The van der Waals surface area contributed by atoms with Crippen molar-refractivity contribution in [2.45, 2.75) is 11.7 Å². The minimum atomic E-state index is -0.319. The number of hydrogen-bond acceptors (Lipinski definition) is 7. The Morgan fingerprint density at radius 3 is 2.75 bits per heavy atom. The average Bonchev–Trinajstić information content (AvgIpc) is 3.26. The molecular formula is C22H19FN4O3S2. The molecule has 4 aromatic rings. The summed E-state index contributed by atoms with van der Waals surface area (Å²) in [7, 11) is 1.56. The number of thioether (sulfide) groups is 1. The third-order valence-electron chi connectivity index (χ3n) is 4.57. The van der Waals surface area contributed by atoms with E-state index in [9.17, 15) is 14.0 Å². The molecule has 0 radical (unpaired) electrons. The molecule has 0 aliphatic carbocycles. The van der Waals surface area contributed by atoms with Crippen molar-refractivity contribution in [2.75, 3.05) is 24.8 Å². The molecule has 7 nitrogen and oxygen atoms in total. The number of hydrogen-bond donors (Lipinski definition) is 1. The van der Waals surface area contributed by atoms with E-state index in [0.29, 0.717) is 40.0 Å². The van der Waals surface area contributed by atoms with Gasteiger partial charge in [-0.3, -0.25) is 14.2 Å². The molecule has 32 heavy (non-hydrogen) atoms. The Bertz CT molecular complexity index is 1300. The molecule has 0 bridgehead atoms. The molecule has 10 heteroatoms. The van der Waals surface area contributed by atoms with Gasteiger partial charge in [-0.25, -0.2) is 14.4 Å². The van der Waals surface area contributed by atoms with E-state index < -0.39 is 0 Å². The van der Waals surface area contributed by atoms with Gasteiger partial charge in [0.2, 0.25) is 5.91 Å². The van der Waals surface area contributed by atoms with Gasteiger partial charge in [0.25, 0.3) is 5.56 Å². The highest BCUT2D eigenvalue weighted by atomic mass is 32.2. The first-order chi connectivity index (χ1) is 15.5. The van der Waals surface area contributed by atoms with Crippen molar-refractivity contribution in [1.82, 2.24) is 14.5 Å². The van der Waals surface area contributed by atoms with Crippen LogP contribution < -0.4 is 10.9 Å². The van der Waals surface area contributed by atoms with Crippen molar-refractivity contribution in [3.05, 3.63) is 70.1 Å². The molecule has 164 valence electrons. The Labute approximate surface area is 191 Å². The summed E-state index contributed by atoms with van der Waals surface area (Å²) in [6, 6.07) is 13.1. The van der Waals surface area contributed by atoms with Gasteiger partial charge in [-0.05, 0) is 36.4 Å². The van der Waals surface area contributed by atoms with Gasteiger partial charge in [-0.15, -0.1) is 11.3 Å². The summed E-state index contributed by atoms with van der Waals surface area (Å²) in [5.41, 5.74) is 1.83. The van der Waals surface area contributed by atoms with E-state index in [1.807, 2.05) is 6.07 Å². The first-order valence-electron chi connectivity index (χ1n) is 9.68. The van der Waals surface area contributed by atoms with Crippen molar-refractivity contribution in [3.8, 4) is 11.3 Å². The standard InChI is InChI=1S/C22H19FN4O3S2/c1-30-11-10-27-20(29)16-4-2-3-5-17(16)25-22(27)32-13-19(28)26-21-24-18(12-31-21)14-6-8-15(23)9-7-14/h2-9,12H,10-11,13H2,1H3,(H,24,26,28). The number of anilines is 1.